The van der Waals surface area contributed by atoms with Gasteiger partial charge in [0.2, 0.25) is 0 Å². The van der Waals surface area contributed by atoms with Gasteiger partial charge in [0, 0.05) is 12.6 Å². The van der Waals surface area contributed by atoms with Gasteiger partial charge in [-0.15, -0.1) is 0 Å². The third-order valence-corrected chi connectivity index (χ3v) is 5.35. The lowest BCUT2D eigenvalue weighted by Gasteiger charge is -2.37. The van der Waals surface area contributed by atoms with Crippen molar-refractivity contribution in [3.8, 4) is 0 Å². The number of hydrogen-bond acceptors (Lipinski definition) is 6. The van der Waals surface area contributed by atoms with Crippen LogP contribution in [-0.4, -0.2) is 48.7 Å². The van der Waals surface area contributed by atoms with E-state index in [1.807, 2.05) is 60.7 Å². The molecule has 0 spiro atoms. The molecule has 0 aliphatic carbocycles. The third kappa shape index (κ3) is 7.08. The Kier molecular flexibility index (Phi) is 8.87. The highest BCUT2D eigenvalue weighted by Gasteiger charge is 2.38. The molecule has 2 aromatic carbocycles. The zero-order valence-electron chi connectivity index (χ0n) is 17.7. The first-order chi connectivity index (χ1) is 15.2. The van der Waals surface area contributed by atoms with E-state index in [0.717, 1.165) is 30.5 Å². The van der Waals surface area contributed by atoms with Crippen molar-refractivity contribution in [1.29, 1.82) is 0 Å². The van der Waals surface area contributed by atoms with Crippen LogP contribution in [0.3, 0.4) is 0 Å². The molecule has 2 unspecified atom stereocenters. The Hall–Kier alpha value is -2.90. The number of hydrogen-bond donors (Lipinski definition) is 2. The van der Waals surface area contributed by atoms with Gasteiger partial charge in [-0.05, 0) is 43.5 Å². The molecule has 2 aromatic rings. The summed E-state index contributed by atoms with van der Waals surface area (Å²) in [5.74, 6) is -0.411. The second-order valence-corrected chi connectivity index (χ2v) is 7.66. The summed E-state index contributed by atoms with van der Waals surface area (Å²) in [7, 11) is 0. The minimum atomic E-state index is -0.684. The Labute approximate surface area is 183 Å². The number of carbonyl (C=O) groups excluding carboxylic acids is 2. The number of likely N-dealkylation sites (tertiary alicyclic amines) is 1. The fraction of sp³-hybridized carbons (Fsp3) is 0.417. The number of nitrogens with two attached hydrogens (primary N) is 1. The second kappa shape index (κ2) is 12.1. The fourth-order valence-corrected chi connectivity index (χ4v) is 3.63. The number of amides is 1. The molecule has 1 amide bonds. The van der Waals surface area contributed by atoms with Crippen LogP contribution in [0, 0.1) is 0 Å². The predicted molar refractivity (Wildman–Crippen MR) is 118 cm³/mol. The Morgan fingerprint density at radius 3 is 2.19 bits per heavy atom. The van der Waals surface area contributed by atoms with Crippen molar-refractivity contribution in [3.05, 3.63) is 71.8 Å². The molecule has 3 rings (SSSR count). The van der Waals surface area contributed by atoms with E-state index in [0.29, 0.717) is 19.5 Å². The summed E-state index contributed by atoms with van der Waals surface area (Å²) in [6, 6.07) is 18.4. The first-order valence-electron chi connectivity index (χ1n) is 10.8. The Bertz CT molecular complexity index is 816. The molecule has 1 heterocycles. The topological polar surface area (TPSA) is 93.9 Å². The lowest BCUT2D eigenvalue weighted by Crippen LogP contribution is -2.54. The lowest BCUT2D eigenvalue weighted by atomic mass is 9.97. The number of rotatable bonds is 9. The molecule has 1 fully saturated rings. The number of nitrogens with one attached hydrogen (secondary N) is 1. The maximum atomic E-state index is 12.9. The molecule has 1 aliphatic rings. The number of nitrogens with zero attached hydrogens (tertiary/aromatic N) is 1. The van der Waals surface area contributed by atoms with Crippen molar-refractivity contribution < 1.29 is 19.1 Å². The maximum Gasteiger partial charge on any atom is 0.410 e. The van der Waals surface area contributed by atoms with Gasteiger partial charge in [-0.3, -0.25) is 4.90 Å². The molecule has 2 atom stereocenters. The number of esters is 1. The van der Waals surface area contributed by atoms with Crippen molar-refractivity contribution in [2.75, 3.05) is 19.6 Å². The standard InChI is InChI=1S/C24H31N3O4/c25-13-7-14-26-21-12-15-27(24(29)31-18-20-10-5-2-6-11-20)22(16-21)23(28)30-17-19-8-3-1-4-9-19/h1-6,8-11,21-22,26H,7,12-18,25H2. The van der Waals surface area contributed by atoms with E-state index in [1.54, 1.807) is 0 Å². The zero-order valence-corrected chi connectivity index (χ0v) is 17.7. The van der Waals surface area contributed by atoms with Gasteiger partial charge in [0.15, 0.2) is 0 Å². The predicted octanol–water partition coefficient (Wildman–Crippen LogP) is 2.84. The van der Waals surface area contributed by atoms with E-state index in [4.69, 9.17) is 15.2 Å². The van der Waals surface area contributed by atoms with Gasteiger partial charge in [-0.25, -0.2) is 9.59 Å². The summed E-state index contributed by atoms with van der Waals surface area (Å²) >= 11 is 0. The highest BCUT2D eigenvalue weighted by molar-refractivity contribution is 5.81. The van der Waals surface area contributed by atoms with Crippen LogP contribution < -0.4 is 11.1 Å². The Morgan fingerprint density at radius 1 is 0.968 bits per heavy atom. The first kappa shape index (κ1) is 22.8. The smallest absolute Gasteiger partial charge is 0.410 e. The molecule has 7 heteroatoms. The molecule has 1 aliphatic heterocycles. The van der Waals surface area contributed by atoms with Crippen LogP contribution >= 0.6 is 0 Å². The van der Waals surface area contributed by atoms with Crippen molar-refractivity contribution >= 4 is 12.1 Å². The van der Waals surface area contributed by atoms with Crippen LogP contribution in [-0.2, 0) is 27.5 Å². The first-order valence-corrected chi connectivity index (χ1v) is 10.8. The quantitative estimate of drug-likeness (QED) is 0.474. The summed E-state index contributed by atoms with van der Waals surface area (Å²) in [5, 5.41) is 3.43. The van der Waals surface area contributed by atoms with Gasteiger partial charge in [-0.2, -0.15) is 0 Å². The molecular weight excluding hydrogens is 394 g/mol. The molecule has 0 saturated carbocycles. The highest BCUT2D eigenvalue weighted by Crippen LogP contribution is 2.21. The zero-order chi connectivity index (χ0) is 21.9. The average Bonchev–Trinajstić information content (AvgIpc) is 2.82. The third-order valence-electron chi connectivity index (χ3n) is 5.35. The summed E-state index contributed by atoms with van der Waals surface area (Å²) in [5.41, 5.74) is 7.38. The fourth-order valence-electron chi connectivity index (χ4n) is 3.63. The Balaban J connectivity index is 1.62. The number of benzene rings is 2. The van der Waals surface area contributed by atoms with E-state index < -0.39 is 18.1 Å². The molecule has 166 valence electrons. The molecule has 0 aromatic heterocycles. The maximum absolute atomic E-state index is 12.9. The van der Waals surface area contributed by atoms with E-state index in [-0.39, 0.29) is 19.3 Å². The van der Waals surface area contributed by atoms with Crippen molar-refractivity contribution in [1.82, 2.24) is 10.2 Å². The van der Waals surface area contributed by atoms with E-state index >= 15 is 0 Å². The van der Waals surface area contributed by atoms with Gasteiger partial charge in [0.1, 0.15) is 19.3 Å². The summed E-state index contributed by atoms with van der Waals surface area (Å²) in [4.78, 5) is 27.2. The minimum absolute atomic E-state index is 0.124. The highest BCUT2D eigenvalue weighted by atomic mass is 16.6. The largest absolute Gasteiger partial charge is 0.459 e. The molecule has 3 N–H and O–H groups in total. The number of piperidine rings is 1. The van der Waals surface area contributed by atoms with Gasteiger partial charge in [0.25, 0.3) is 0 Å². The normalized spacial score (nSPS) is 18.4. The van der Waals surface area contributed by atoms with Crippen LogP contribution in [0.25, 0.3) is 0 Å². The lowest BCUT2D eigenvalue weighted by molar-refractivity contribution is -0.152. The van der Waals surface area contributed by atoms with Crippen LogP contribution in [0.4, 0.5) is 4.79 Å². The van der Waals surface area contributed by atoms with Crippen LogP contribution in [0.2, 0.25) is 0 Å². The van der Waals surface area contributed by atoms with Gasteiger partial charge < -0.3 is 20.5 Å². The van der Waals surface area contributed by atoms with E-state index in [1.165, 1.54) is 4.90 Å². The molecule has 7 nitrogen and oxygen atoms in total. The molecule has 31 heavy (non-hydrogen) atoms. The second-order valence-electron chi connectivity index (χ2n) is 7.66. The van der Waals surface area contributed by atoms with Crippen LogP contribution in [0.15, 0.2) is 60.7 Å². The van der Waals surface area contributed by atoms with Gasteiger partial charge in [0.05, 0.1) is 0 Å². The van der Waals surface area contributed by atoms with Crippen LogP contribution in [0.5, 0.6) is 0 Å². The molecule has 0 bridgehead atoms. The van der Waals surface area contributed by atoms with E-state index in [9.17, 15) is 9.59 Å². The van der Waals surface area contributed by atoms with Crippen molar-refractivity contribution in [2.45, 2.75) is 44.6 Å². The summed E-state index contributed by atoms with van der Waals surface area (Å²) in [6.07, 6.45) is 1.60. The van der Waals surface area contributed by atoms with Crippen molar-refractivity contribution in [2.24, 2.45) is 5.73 Å². The van der Waals surface area contributed by atoms with Gasteiger partial charge >= 0.3 is 12.1 Å². The van der Waals surface area contributed by atoms with Gasteiger partial charge in [-0.1, -0.05) is 60.7 Å². The Morgan fingerprint density at radius 2 is 1.58 bits per heavy atom. The number of carbonyl (C=O) groups is 2. The monoisotopic (exact) mass is 425 g/mol. The average molecular weight is 426 g/mol. The summed E-state index contributed by atoms with van der Waals surface area (Å²) in [6.45, 7) is 2.17. The number of ether oxygens (including phenoxy) is 2. The summed E-state index contributed by atoms with van der Waals surface area (Å²) < 4.78 is 11.0. The molecular formula is C24H31N3O4. The molecule has 0 radical (unpaired) electrons. The van der Waals surface area contributed by atoms with Crippen molar-refractivity contribution in [3.63, 3.8) is 0 Å². The molecule has 1 saturated heterocycles. The SMILES string of the molecule is NCCCNC1CCN(C(=O)OCc2ccccc2)C(C(=O)OCc2ccccc2)C1. The van der Waals surface area contributed by atoms with Crippen LogP contribution in [0.1, 0.15) is 30.4 Å². The minimum Gasteiger partial charge on any atom is -0.459 e. The van der Waals surface area contributed by atoms with E-state index in [2.05, 4.69) is 5.32 Å².